The summed E-state index contributed by atoms with van der Waals surface area (Å²) in [7, 11) is 0. The molecular formula is C17H17N3O2. The molecule has 3 N–H and O–H groups in total. The van der Waals surface area contributed by atoms with Crippen LogP contribution in [-0.4, -0.2) is 12.1 Å². The fourth-order valence-corrected chi connectivity index (χ4v) is 2.35. The lowest BCUT2D eigenvalue weighted by atomic mass is 10.0. The number of aliphatic imine (C=N–C) groups is 1. The van der Waals surface area contributed by atoms with Gasteiger partial charge in [-0.2, -0.15) is 4.99 Å². The lowest BCUT2D eigenvalue weighted by molar-refractivity contribution is 0.259. The van der Waals surface area contributed by atoms with Crippen molar-refractivity contribution in [2.45, 2.75) is 20.3 Å². The zero-order chi connectivity index (χ0) is 16.1. The van der Waals surface area contributed by atoms with E-state index >= 15 is 0 Å². The number of rotatable bonds is 4. The summed E-state index contributed by atoms with van der Waals surface area (Å²) >= 11 is 0. The highest BCUT2D eigenvalue weighted by Gasteiger charge is 2.04. The zero-order valence-corrected chi connectivity index (χ0v) is 12.5. The Balaban J connectivity index is 2.20. The van der Waals surface area contributed by atoms with Gasteiger partial charge in [0.2, 0.25) is 6.08 Å². The number of nitrogens with zero attached hydrogens (tertiary/aromatic N) is 1. The summed E-state index contributed by atoms with van der Waals surface area (Å²) in [5.41, 5.74) is 10.6. The lowest BCUT2D eigenvalue weighted by Gasteiger charge is -2.09. The van der Waals surface area contributed by atoms with E-state index in [1.807, 2.05) is 50.2 Å². The normalized spacial score (nSPS) is 9.91. The van der Waals surface area contributed by atoms with Crippen molar-refractivity contribution in [3.05, 3.63) is 58.7 Å². The molecule has 2 aromatic carbocycles. The number of carbonyl (C=O) groups excluding carboxylic acids is 2. The molecule has 0 aliphatic heterocycles. The second kappa shape index (κ2) is 6.70. The van der Waals surface area contributed by atoms with Gasteiger partial charge in [0, 0.05) is 5.69 Å². The Morgan fingerprint density at radius 2 is 1.77 bits per heavy atom. The van der Waals surface area contributed by atoms with Crippen LogP contribution < -0.4 is 11.1 Å². The second-order valence-electron chi connectivity index (χ2n) is 5.14. The number of nitrogens with one attached hydrogen (secondary N) is 1. The maximum Gasteiger partial charge on any atom is 0.316 e. The van der Waals surface area contributed by atoms with Crippen molar-refractivity contribution in [3.63, 3.8) is 0 Å². The van der Waals surface area contributed by atoms with Crippen molar-refractivity contribution in [1.29, 1.82) is 0 Å². The smallest absolute Gasteiger partial charge is 0.316 e. The fraction of sp³-hybridized carbons (Fsp3) is 0.176. The third-order valence-electron chi connectivity index (χ3n) is 3.38. The van der Waals surface area contributed by atoms with E-state index < -0.39 is 6.03 Å². The molecule has 2 amide bonds. The summed E-state index contributed by atoms with van der Waals surface area (Å²) in [6.45, 7) is 3.83. The Hall–Kier alpha value is -2.91. The highest BCUT2D eigenvalue weighted by Crippen LogP contribution is 2.22. The van der Waals surface area contributed by atoms with Crippen LogP contribution in [0, 0.1) is 13.8 Å². The number of isocyanates is 1. The largest absolute Gasteiger partial charge is 0.351 e. The summed E-state index contributed by atoms with van der Waals surface area (Å²) in [4.78, 5) is 24.9. The number of aryl methyl sites for hydroxylation is 2. The van der Waals surface area contributed by atoms with Gasteiger partial charge in [0.05, 0.1) is 5.69 Å². The molecule has 0 unspecified atom stereocenters. The highest BCUT2D eigenvalue weighted by molar-refractivity contribution is 5.88. The first kappa shape index (κ1) is 15.5. The van der Waals surface area contributed by atoms with Crippen molar-refractivity contribution in [2.24, 2.45) is 10.7 Å². The molecule has 0 spiro atoms. The van der Waals surface area contributed by atoms with Crippen LogP contribution in [0.15, 0.2) is 41.4 Å². The Bertz CT molecular complexity index is 762. The van der Waals surface area contributed by atoms with Crippen molar-refractivity contribution >= 4 is 23.5 Å². The summed E-state index contributed by atoms with van der Waals surface area (Å²) in [6.07, 6.45) is 2.31. The Kier molecular flexibility index (Phi) is 4.71. The third-order valence-corrected chi connectivity index (χ3v) is 3.38. The first-order valence-electron chi connectivity index (χ1n) is 6.83. The molecule has 0 radical (unpaired) electrons. The SMILES string of the molecule is Cc1cc(Cc2ccc(NC(N)=O)c(C)c2)ccc1N=C=O. The van der Waals surface area contributed by atoms with E-state index in [0.717, 1.165) is 28.7 Å². The molecule has 0 bridgehead atoms. The first-order valence-corrected chi connectivity index (χ1v) is 6.83. The van der Waals surface area contributed by atoms with Crippen molar-refractivity contribution < 1.29 is 9.59 Å². The fourth-order valence-electron chi connectivity index (χ4n) is 2.35. The van der Waals surface area contributed by atoms with E-state index in [2.05, 4.69) is 10.3 Å². The molecule has 2 rings (SSSR count). The van der Waals surface area contributed by atoms with Crippen LogP contribution in [0.3, 0.4) is 0 Å². The van der Waals surface area contributed by atoms with Crippen LogP contribution in [0.2, 0.25) is 0 Å². The number of carbonyl (C=O) groups is 1. The van der Waals surface area contributed by atoms with Crippen LogP contribution in [0.5, 0.6) is 0 Å². The molecule has 0 atom stereocenters. The van der Waals surface area contributed by atoms with Crippen molar-refractivity contribution in [2.75, 3.05) is 5.32 Å². The predicted octanol–water partition coefficient (Wildman–Crippen LogP) is 3.35. The van der Waals surface area contributed by atoms with Crippen molar-refractivity contribution in [1.82, 2.24) is 0 Å². The number of hydrogen-bond acceptors (Lipinski definition) is 3. The first-order chi connectivity index (χ1) is 10.5. The summed E-state index contributed by atoms with van der Waals surface area (Å²) in [6, 6.07) is 11.0. The molecule has 0 saturated heterocycles. The Morgan fingerprint density at radius 3 is 2.32 bits per heavy atom. The summed E-state index contributed by atoms with van der Waals surface area (Å²) in [5.74, 6) is 0. The van der Waals surface area contributed by atoms with Gasteiger partial charge in [-0.15, -0.1) is 0 Å². The van der Waals surface area contributed by atoms with Gasteiger partial charge in [-0.3, -0.25) is 0 Å². The maximum absolute atomic E-state index is 10.9. The Labute approximate surface area is 128 Å². The van der Waals surface area contributed by atoms with Gasteiger partial charge >= 0.3 is 6.03 Å². The average Bonchev–Trinajstić information content (AvgIpc) is 2.45. The molecule has 0 aromatic heterocycles. The number of amides is 2. The van der Waals surface area contributed by atoms with Gasteiger partial charge in [0.15, 0.2) is 0 Å². The monoisotopic (exact) mass is 295 g/mol. The van der Waals surface area contributed by atoms with E-state index in [1.54, 1.807) is 6.08 Å². The van der Waals surface area contributed by atoms with Crippen molar-refractivity contribution in [3.8, 4) is 0 Å². The van der Waals surface area contributed by atoms with Gasteiger partial charge in [0.25, 0.3) is 0 Å². The van der Waals surface area contributed by atoms with E-state index in [-0.39, 0.29) is 0 Å². The van der Waals surface area contributed by atoms with Crippen LogP contribution >= 0.6 is 0 Å². The lowest BCUT2D eigenvalue weighted by Crippen LogP contribution is -2.19. The van der Waals surface area contributed by atoms with Crippen LogP contribution in [0.25, 0.3) is 0 Å². The summed E-state index contributed by atoms with van der Waals surface area (Å²) in [5, 5.41) is 2.58. The molecule has 0 fully saturated rings. The van der Waals surface area contributed by atoms with Gasteiger partial charge in [-0.1, -0.05) is 24.3 Å². The molecule has 0 aliphatic rings. The molecule has 2 aromatic rings. The maximum atomic E-state index is 10.9. The number of anilines is 1. The minimum atomic E-state index is -0.571. The van der Waals surface area contributed by atoms with E-state index in [4.69, 9.17) is 5.73 Å². The molecule has 22 heavy (non-hydrogen) atoms. The van der Waals surface area contributed by atoms with E-state index in [0.29, 0.717) is 11.4 Å². The number of hydrogen-bond donors (Lipinski definition) is 2. The number of benzene rings is 2. The number of nitrogens with two attached hydrogens (primary N) is 1. The third kappa shape index (κ3) is 3.81. The molecule has 0 heterocycles. The van der Waals surface area contributed by atoms with Gasteiger partial charge in [0.1, 0.15) is 0 Å². The van der Waals surface area contributed by atoms with Gasteiger partial charge in [-0.05, 0) is 54.7 Å². The predicted molar refractivity (Wildman–Crippen MR) is 86.2 cm³/mol. The second-order valence-corrected chi connectivity index (χ2v) is 5.14. The van der Waals surface area contributed by atoms with Crippen LogP contribution in [-0.2, 0) is 11.2 Å². The van der Waals surface area contributed by atoms with Gasteiger partial charge in [-0.25, -0.2) is 9.59 Å². The number of urea groups is 1. The zero-order valence-electron chi connectivity index (χ0n) is 12.5. The highest BCUT2D eigenvalue weighted by atomic mass is 16.2. The summed E-state index contributed by atoms with van der Waals surface area (Å²) < 4.78 is 0. The van der Waals surface area contributed by atoms with E-state index in [9.17, 15) is 9.59 Å². The van der Waals surface area contributed by atoms with Gasteiger partial charge < -0.3 is 11.1 Å². The number of primary amides is 1. The molecule has 112 valence electrons. The minimum absolute atomic E-state index is 0.571. The topological polar surface area (TPSA) is 84.5 Å². The van der Waals surface area contributed by atoms with Crippen LogP contribution in [0.1, 0.15) is 22.3 Å². The molecular weight excluding hydrogens is 278 g/mol. The van der Waals surface area contributed by atoms with Crippen LogP contribution in [0.4, 0.5) is 16.2 Å². The molecule has 5 heteroatoms. The standard InChI is InChI=1S/C17H17N3O2/c1-11-7-13(3-5-15(11)19-10-21)9-14-4-6-16(12(2)8-14)20-17(18)22/h3-8H,9H2,1-2H3,(H3,18,20,22). The molecule has 0 saturated carbocycles. The van der Waals surface area contributed by atoms with E-state index in [1.165, 1.54) is 0 Å². The minimum Gasteiger partial charge on any atom is -0.351 e. The quantitative estimate of drug-likeness (QED) is 0.669. The molecule has 5 nitrogen and oxygen atoms in total. The average molecular weight is 295 g/mol. The Morgan fingerprint density at radius 1 is 1.14 bits per heavy atom. The molecule has 0 aliphatic carbocycles.